The third kappa shape index (κ3) is 3.82. The molecule has 1 rings (SSSR count). The van der Waals surface area contributed by atoms with E-state index >= 15 is 0 Å². The molecule has 0 saturated carbocycles. The molecule has 0 radical (unpaired) electrons. The van der Waals surface area contributed by atoms with Crippen LogP contribution in [0.1, 0.15) is 32.8 Å². The summed E-state index contributed by atoms with van der Waals surface area (Å²) in [6.45, 7) is 6.71. The zero-order chi connectivity index (χ0) is 11.5. The standard InChI is InChI=1S/C12H19BrN2/c1-12(2,3)10(13)7-6-9-5-4-8-15-11(9)14/h4-5,8,10H,6-7H2,1-3H3,(H2,14,15). The Labute approximate surface area is 100 Å². The summed E-state index contributed by atoms with van der Waals surface area (Å²) >= 11 is 3.72. The molecule has 1 heterocycles. The van der Waals surface area contributed by atoms with Gasteiger partial charge in [-0.3, -0.25) is 0 Å². The van der Waals surface area contributed by atoms with Crippen LogP contribution in [0.3, 0.4) is 0 Å². The van der Waals surface area contributed by atoms with Gasteiger partial charge in [-0.2, -0.15) is 0 Å². The number of nitrogen functional groups attached to an aromatic ring is 1. The van der Waals surface area contributed by atoms with E-state index in [2.05, 4.69) is 41.7 Å². The molecule has 1 atom stereocenters. The lowest BCUT2D eigenvalue weighted by molar-refractivity contribution is 0.386. The highest BCUT2D eigenvalue weighted by atomic mass is 79.9. The zero-order valence-electron chi connectivity index (χ0n) is 9.63. The first-order valence-corrected chi connectivity index (χ1v) is 6.16. The fourth-order valence-electron chi connectivity index (χ4n) is 1.38. The Balaban J connectivity index is 2.55. The lowest BCUT2D eigenvalue weighted by atomic mass is 9.89. The minimum absolute atomic E-state index is 0.289. The van der Waals surface area contributed by atoms with E-state index in [4.69, 9.17) is 5.73 Å². The summed E-state index contributed by atoms with van der Waals surface area (Å²) in [5, 5.41) is 0. The molecule has 1 aromatic heterocycles. The molecule has 15 heavy (non-hydrogen) atoms. The Hall–Kier alpha value is -0.570. The average molecular weight is 271 g/mol. The Morgan fingerprint density at radius 2 is 2.13 bits per heavy atom. The minimum atomic E-state index is 0.289. The van der Waals surface area contributed by atoms with Crippen molar-refractivity contribution in [3.05, 3.63) is 23.9 Å². The first-order chi connectivity index (χ1) is 6.91. The maximum Gasteiger partial charge on any atom is 0.126 e. The van der Waals surface area contributed by atoms with Crippen LogP contribution in [0.2, 0.25) is 0 Å². The number of anilines is 1. The average Bonchev–Trinajstić information content (AvgIpc) is 2.14. The van der Waals surface area contributed by atoms with Gasteiger partial charge in [0.05, 0.1) is 0 Å². The van der Waals surface area contributed by atoms with Crippen LogP contribution in [0.15, 0.2) is 18.3 Å². The van der Waals surface area contributed by atoms with Gasteiger partial charge in [-0.15, -0.1) is 0 Å². The first kappa shape index (κ1) is 12.5. The highest BCUT2D eigenvalue weighted by molar-refractivity contribution is 9.09. The van der Waals surface area contributed by atoms with Crippen molar-refractivity contribution in [2.45, 2.75) is 38.4 Å². The summed E-state index contributed by atoms with van der Waals surface area (Å²) in [7, 11) is 0. The van der Waals surface area contributed by atoms with Crippen molar-refractivity contribution >= 4 is 21.7 Å². The summed E-state index contributed by atoms with van der Waals surface area (Å²) in [4.78, 5) is 4.59. The van der Waals surface area contributed by atoms with E-state index in [1.807, 2.05) is 12.1 Å². The van der Waals surface area contributed by atoms with Gasteiger partial charge >= 0.3 is 0 Å². The van der Waals surface area contributed by atoms with E-state index < -0.39 is 0 Å². The second kappa shape index (κ2) is 4.97. The molecule has 0 fully saturated rings. The largest absolute Gasteiger partial charge is 0.383 e. The van der Waals surface area contributed by atoms with Crippen LogP contribution in [-0.2, 0) is 6.42 Å². The number of alkyl halides is 1. The second-order valence-corrected chi connectivity index (χ2v) is 6.03. The molecule has 0 aliphatic carbocycles. The van der Waals surface area contributed by atoms with Crippen LogP contribution in [0.5, 0.6) is 0 Å². The lowest BCUT2D eigenvalue weighted by Crippen LogP contribution is -2.20. The van der Waals surface area contributed by atoms with Gasteiger partial charge < -0.3 is 5.73 Å². The van der Waals surface area contributed by atoms with E-state index in [0.717, 1.165) is 18.4 Å². The van der Waals surface area contributed by atoms with Gasteiger partial charge in [0.15, 0.2) is 0 Å². The monoisotopic (exact) mass is 270 g/mol. The van der Waals surface area contributed by atoms with Gasteiger partial charge in [0.2, 0.25) is 0 Å². The number of rotatable bonds is 3. The quantitative estimate of drug-likeness (QED) is 0.856. The van der Waals surface area contributed by atoms with E-state index in [-0.39, 0.29) is 5.41 Å². The third-order valence-corrected chi connectivity index (χ3v) is 4.36. The molecule has 2 nitrogen and oxygen atoms in total. The fraction of sp³-hybridized carbons (Fsp3) is 0.583. The molecule has 0 bridgehead atoms. The van der Waals surface area contributed by atoms with Crippen LogP contribution in [-0.4, -0.2) is 9.81 Å². The molecule has 1 unspecified atom stereocenters. The second-order valence-electron chi connectivity index (χ2n) is 4.92. The maximum absolute atomic E-state index is 5.79. The summed E-state index contributed by atoms with van der Waals surface area (Å²) in [5.74, 6) is 0.658. The van der Waals surface area contributed by atoms with E-state index in [1.54, 1.807) is 6.20 Å². The number of aromatic nitrogens is 1. The van der Waals surface area contributed by atoms with Gasteiger partial charge in [-0.1, -0.05) is 42.8 Å². The summed E-state index contributed by atoms with van der Waals surface area (Å²) < 4.78 is 0. The number of aryl methyl sites for hydroxylation is 1. The van der Waals surface area contributed by atoms with E-state index in [9.17, 15) is 0 Å². The van der Waals surface area contributed by atoms with Crippen molar-refractivity contribution in [1.29, 1.82) is 0 Å². The molecule has 2 N–H and O–H groups in total. The SMILES string of the molecule is CC(C)(C)C(Br)CCc1cccnc1N. The molecule has 0 aliphatic rings. The molecule has 0 aliphatic heterocycles. The van der Waals surface area contributed by atoms with Crippen molar-refractivity contribution in [2.75, 3.05) is 5.73 Å². The van der Waals surface area contributed by atoms with Crippen molar-refractivity contribution in [1.82, 2.24) is 4.98 Å². The van der Waals surface area contributed by atoms with Gasteiger partial charge in [-0.05, 0) is 29.9 Å². The van der Waals surface area contributed by atoms with Gasteiger partial charge in [0.25, 0.3) is 0 Å². The van der Waals surface area contributed by atoms with Crippen molar-refractivity contribution in [3.63, 3.8) is 0 Å². The number of pyridine rings is 1. The molecule has 1 aromatic rings. The molecular weight excluding hydrogens is 252 g/mol. The molecule has 0 spiro atoms. The third-order valence-electron chi connectivity index (χ3n) is 2.53. The van der Waals surface area contributed by atoms with Gasteiger partial charge in [-0.25, -0.2) is 4.98 Å². The Bertz CT molecular complexity index is 318. The van der Waals surface area contributed by atoms with Gasteiger partial charge in [0, 0.05) is 11.0 Å². The van der Waals surface area contributed by atoms with Crippen LogP contribution in [0.4, 0.5) is 5.82 Å². The van der Waals surface area contributed by atoms with Crippen LogP contribution in [0, 0.1) is 5.41 Å². The minimum Gasteiger partial charge on any atom is -0.383 e. The van der Waals surface area contributed by atoms with Crippen LogP contribution in [0.25, 0.3) is 0 Å². The van der Waals surface area contributed by atoms with Crippen molar-refractivity contribution in [2.24, 2.45) is 5.41 Å². The summed E-state index contributed by atoms with van der Waals surface area (Å²) in [6.07, 6.45) is 3.79. The molecule has 0 saturated heterocycles. The topological polar surface area (TPSA) is 38.9 Å². The normalized spacial score (nSPS) is 13.9. The van der Waals surface area contributed by atoms with E-state index in [1.165, 1.54) is 0 Å². The summed E-state index contributed by atoms with van der Waals surface area (Å²) in [6, 6.07) is 3.98. The molecule has 0 amide bonds. The zero-order valence-corrected chi connectivity index (χ0v) is 11.2. The van der Waals surface area contributed by atoms with Gasteiger partial charge in [0.1, 0.15) is 5.82 Å². The highest BCUT2D eigenvalue weighted by Gasteiger charge is 2.21. The van der Waals surface area contributed by atoms with E-state index in [0.29, 0.717) is 10.6 Å². The molecule has 84 valence electrons. The molecule has 3 heteroatoms. The summed E-state index contributed by atoms with van der Waals surface area (Å²) in [5.41, 5.74) is 7.22. The predicted molar refractivity (Wildman–Crippen MR) is 69.1 cm³/mol. The van der Waals surface area contributed by atoms with Crippen molar-refractivity contribution in [3.8, 4) is 0 Å². The predicted octanol–water partition coefficient (Wildman–Crippen LogP) is 3.41. The highest BCUT2D eigenvalue weighted by Crippen LogP contribution is 2.30. The number of nitrogens with zero attached hydrogens (tertiary/aromatic N) is 1. The first-order valence-electron chi connectivity index (χ1n) is 5.24. The Kier molecular flexibility index (Phi) is 4.14. The Morgan fingerprint density at radius 1 is 1.47 bits per heavy atom. The van der Waals surface area contributed by atoms with Crippen LogP contribution < -0.4 is 5.73 Å². The lowest BCUT2D eigenvalue weighted by Gasteiger charge is -2.25. The number of hydrogen-bond acceptors (Lipinski definition) is 2. The number of nitrogens with two attached hydrogens (primary N) is 1. The Morgan fingerprint density at radius 3 is 2.67 bits per heavy atom. The maximum atomic E-state index is 5.79. The van der Waals surface area contributed by atoms with Crippen molar-refractivity contribution < 1.29 is 0 Å². The fourth-order valence-corrected chi connectivity index (χ4v) is 1.61. The van der Waals surface area contributed by atoms with Crippen LogP contribution >= 0.6 is 15.9 Å². The number of hydrogen-bond donors (Lipinski definition) is 1. The molecular formula is C12H19BrN2. The molecule has 0 aromatic carbocycles. The smallest absolute Gasteiger partial charge is 0.126 e. The number of halogens is 1.